The number of hydrogen-bond donors (Lipinski definition) is 1. The van der Waals surface area contributed by atoms with Crippen molar-refractivity contribution in [1.82, 2.24) is 19.4 Å². The van der Waals surface area contributed by atoms with Crippen LogP contribution in [0.15, 0.2) is 43.1 Å². The number of likely N-dealkylation sites (tertiary alicyclic amines) is 1. The van der Waals surface area contributed by atoms with Crippen LogP contribution in [0.5, 0.6) is 0 Å². The van der Waals surface area contributed by atoms with Gasteiger partial charge < -0.3 is 9.47 Å². The molecule has 4 rings (SSSR count). The van der Waals surface area contributed by atoms with Gasteiger partial charge in [-0.3, -0.25) is 24.7 Å². The number of benzene rings is 1. The predicted octanol–water partition coefficient (Wildman–Crippen LogP) is 4.52. The van der Waals surface area contributed by atoms with Crippen molar-refractivity contribution in [2.24, 2.45) is 0 Å². The van der Waals surface area contributed by atoms with Gasteiger partial charge >= 0.3 is 0 Å². The van der Waals surface area contributed by atoms with Crippen LogP contribution < -0.4 is 5.32 Å². The average molecular weight is 494 g/mol. The summed E-state index contributed by atoms with van der Waals surface area (Å²) < 4.78 is 1.93. The Balaban J connectivity index is 1.82. The quantitative estimate of drug-likeness (QED) is 0.509. The van der Waals surface area contributed by atoms with Crippen LogP contribution in [0.4, 0.5) is 5.95 Å². The third-order valence-electron chi connectivity index (χ3n) is 6.13. The number of carbonyl (C=O) groups is 3. The molecule has 8 nitrogen and oxygen atoms in total. The molecule has 0 bridgehead atoms. The van der Waals surface area contributed by atoms with Crippen molar-refractivity contribution in [2.45, 2.75) is 45.6 Å². The van der Waals surface area contributed by atoms with Gasteiger partial charge in [-0.1, -0.05) is 18.2 Å². The normalized spacial score (nSPS) is 16.1. The van der Waals surface area contributed by atoms with E-state index in [4.69, 9.17) is 16.6 Å². The summed E-state index contributed by atoms with van der Waals surface area (Å²) in [4.78, 5) is 47.9. The number of imidazole rings is 1. The Morgan fingerprint density at radius 1 is 1.26 bits per heavy atom. The fraction of sp³-hybridized carbons (Fsp3) is 0.346. The number of aromatic nitrogens is 3. The largest absolute Gasteiger partial charge is 0.337 e. The number of carbonyl (C=O) groups excluding carboxylic acids is 3. The van der Waals surface area contributed by atoms with Crippen LogP contribution in [0.2, 0.25) is 5.02 Å². The van der Waals surface area contributed by atoms with Gasteiger partial charge in [0.05, 0.1) is 22.1 Å². The lowest BCUT2D eigenvalue weighted by Crippen LogP contribution is -2.34. The Labute approximate surface area is 209 Å². The van der Waals surface area contributed by atoms with Crippen molar-refractivity contribution in [2.75, 3.05) is 18.4 Å². The zero-order valence-electron chi connectivity index (χ0n) is 19.9. The van der Waals surface area contributed by atoms with Crippen LogP contribution in [0.1, 0.15) is 53.8 Å². The first kappa shape index (κ1) is 24.6. The highest BCUT2D eigenvalue weighted by Crippen LogP contribution is 2.35. The van der Waals surface area contributed by atoms with Gasteiger partial charge in [0.15, 0.2) is 0 Å². The Morgan fingerprint density at radius 2 is 2.06 bits per heavy atom. The van der Waals surface area contributed by atoms with Crippen LogP contribution >= 0.6 is 11.6 Å². The van der Waals surface area contributed by atoms with Gasteiger partial charge in [-0.25, -0.2) is 4.98 Å². The zero-order valence-corrected chi connectivity index (χ0v) is 20.6. The molecule has 0 saturated carbocycles. The number of ketones is 1. The molecule has 1 atom stereocenters. The number of fused-ring (bicyclic) bond motifs is 1. The van der Waals surface area contributed by atoms with Gasteiger partial charge in [-0.15, -0.1) is 0 Å². The first-order chi connectivity index (χ1) is 16.8. The first-order valence-electron chi connectivity index (χ1n) is 11.6. The van der Waals surface area contributed by atoms with E-state index in [0.717, 1.165) is 30.5 Å². The first-order valence-corrected chi connectivity index (χ1v) is 12.0. The standard InChI is InChI=1S/C26H28ClN5O3/c1-4-23(34)31-10-6-5-7-20(15-31)32-24-21(27)13-18(12-17(3)33)14-22(24)29-26(32)30-25(35)19-8-9-28-16(2)11-19/h4,8-9,11,13-14,20H,1,5-7,10,12,15H2,2-3H3,(H,29,30,35). The van der Waals surface area contributed by atoms with Gasteiger partial charge in [-0.05, 0) is 69.0 Å². The third-order valence-corrected chi connectivity index (χ3v) is 6.42. The molecule has 1 aliphatic rings. The van der Waals surface area contributed by atoms with Crippen molar-refractivity contribution >= 4 is 46.2 Å². The van der Waals surface area contributed by atoms with Crippen molar-refractivity contribution in [1.29, 1.82) is 0 Å². The maximum absolute atomic E-state index is 13.1. The fourth-order valence-corrected chi connectivity index (χ4v) is 4.92. The van der Waals surface area contributed by atoms with Crippen molar-refractivity contribution < 1.29 is 14.4 Å². The van der Waals surface area contributed by atoms with Crippen molar-refractivity contribution in [3.63, 3.8) is 0 Å². The van der Waals surface area contributed by atoms with Gasteiger partial charge in [0.1, 0.15) is 5.78 Å². The Bertz CT molecular complexity index is 1320. The summed E-state index contributed by atoms with van der Waals surface area (Å²) in [5.41, 5.74) is 3.19. The monoisotopic (exact) mass is 493 g/mol. The molecule has 1 aliphatic heterocycles. The molecule has 3 heterocycles. The number of Topliss-reactive ketones (excluding diaryl/α,β-unsaturated/α-hetero) is 1. The van der Waals surface area contributed by atoms with Crippen LogP contribution in [0.25, 0.3) is 11.0 Å². The minimum absolute atomic E-state index is 0.0174. The van der Waals surface area contributed by atoms with E-state index in [2.05, 4.69) is 16.9 Å². The van der Waals surface area contributed by atoms with Crippen LogP contribution in [0.3, 0.4) is 0 Å². The maximum Gasteiger partial charge on any atom is 0.258 e. The number of nitrogens with one attached hydrogen (secondary N) is 1. The number of rotatable bonds is 6. The lowest BCUT2D eigenvalue weighted by Gasteiger charge is -2.26. The number of aryl methyl sites for hydroxylation is 1. The molecule has 1 fully saturated rings. The van der Waals surface area contributed by atoms with E-state index in [1.165, 1.54) is 13.0 Å². The molecule has 1 saturated heterocycles. The number of nitrogens with zero attached hydrogens (tertiary/aromatic N) is 4. The lowest BCUT2D eigenvalue weighted by molar-refractivity contribution is -0.126. The van der Waals surface area contributed by atoms with E-state index in [-0.39, 0.29) is 30.1 Å². The molecule has 2 amide bonds. The van der Waals surface area contributed by atoms with E-state index < -0.39 is 0 Å². The number of hydrogen-bond acceptors (Lipinski definition) is 5. The molecule has 1 N–H and O–H groups in total. The van der Waals surface area contributed by atoms with E-state index >= 15 is 0 Å². The zero-order chi connectivity index (χ0) is 25.1. The van der Waals surface area contributed by atoms with Gasteiger partial charge in [0.2, 0.25) is 11.9 Å². The second-order valence-corrected chi connectivity index (χ2v) is 9.31. The summed E-state index contributed by atoms with van der Waals surface area (Å²) >= 11 is 6.73. The second kappa shape index (κ2) is 10.4. The van der Waals surface area contributed by atoms with E-state index in [0.29, 0.717) is 40.7 Å². The number of amides is 2. The lowest BCUT2D eigenvalue weighted by atomic mass is 10.1. The molecule has 1 unspecified atom stereocenters. The van der Waals surface area contributed by atoms with Gasteiger partial charge in [-0.2, -0.15) is 0 Å². The summed E-state index contributed by atoms with van der Waals surface area (Å²) in [6.07, 6.45) is 5.71. The number of halogens is 1. The molecule has 9 heteroatoms. The topological polar surface area (TPSA) is 97.2 Å². The van der Waals surface area contributed by atoms with Crippen LogP contribution in [0, 0.1) is 6.92 Å². The number of anilines is 1. The Morgan fingerprint density at radius 3 is 2.77 bits per heavy atom. The Kier molecular flexibility index (Phi) is 7.31. The molecular formula is C26H28ClN5O3. The van der Waals surface area contributed by atoms with Gasteiger partial charge in [0, 0.05) is 37.0 Å². The highest BCUT2D eigenvalue weighted by molar-refractivity contribution is 6.35. The summed E-state index contributed by atoms with van der Waals surface area (Å²) in [7, 11) is 0. The number of pyridine rings is 1. The molecule has 0 aliphatic carbocycles. The highest BCUT2D eigenvalue weighted by Gasteiger charge is 2.28. The van der Waals surface area contributed by atoms with E-state index in [1.807, 2.05) is 17.6 Å². The minimum Gasteiger partial charge on any atom is -0.337 e. The molecule has 35 heavy (non-hydrogen) atoms. The molecule has 1 aromatic carbocycles. The summed E-state index contributed by atoms with van der Waals surface area (Å²) in [6, 6.07) is 6.79. The third kappa shape index (κ3) is 5.43. The summed E-state index contributed by atoms with van der Waals surface area (Å²) in [6.45, 7) is 8.05. The Hall–Kier alpha value is -3.52. The van der Waals surface area contributed by atoms with Crippen molar-refractivity contribution in [3.8, 4) is 0 Å². The fourth-order valence-electron chi connectivity index (χ4n) is 4.59. The van der Waals surface area contributed by atoms with Crippen LogP contribution in [-0.2, 0) is 16.0 Å². The van der Waals surface area contributed by atoms with Crippen LogP contribution in [-0.4, -0.2) is 50.1 Å². The van der Waals surface area contributed by atoms with Gasteiger partial charge in [0.25, 0.3) is 5.91 Å². The average Bonchev–Trinajstić information content (AvgIpc) is 2.99. The maximum atomic E-state index is 13.1. The highest BCUT2D eigenvalue weighted by atomic mass is 35.5. The molecule has 2 aromatic heterocycles. The molecule has 0 spiro atoms. The van der Waals surface area contributed by atoms with E-state index in [1.54, 1.807) is 29.3 Å². The summed E-state index contributed by atoms with van der Waals surface area (Å²) in [5, 5.41) is 3.38. The summed E-state index contributed by atoms with van der Waals surface area (Å²) in [5.74, 6) is -0.0863. The van der Waals surface area contributed by atoms with Crippen molar-refractivity contribution in [3.05, 3.63) is 65.0 Å². The molecular weight excluding hydrogens is 466 g/mol. The smallest absolute Gasteiger partial charge is 0.258 e. The minimum atomic E-state index is -0.320. The molecule has 3 aromatic rings. The molecule has 0 radical (unpaired) electrons. The predicted molar refractivity (Wildman–Crippen MR) is 136 cm³/mol. The van der Waals surface area contributed by atoms with E-state index in [9.17, 15) is 14.4 Å². The molecule has 182 valence electrons. The second-order valence-electron chi connectivity index (χ2n) is 8.91. The SMILES string of the molecule is C=CC(=O)N1CCCCC(n2c(NC(=O)c3ccnc(C)c3)nc3cc(CC(C)=O)cc(Cl)c32)C1.